The molecule has 2 N–H and O–H groups in total. The van der Waals surface area contributed by atoms with Crippen molar-refractivity contribution in [3.8, 4) is 5.75 Å². The normalized spacial score (nSPS) is 17.8. The van der Waals surface area contributed by atoms with Crippen molar-refractivity contribution in [2.45, 2.75) is 64.1 Å². The van der Waals surface area contributed by atoms with Gasteiger partial charge in [0.1, 0.15) is 0 Å². The van der Waals surface area contributed by atoms with Gasteiger partial charge in [-0.15, -0.1) is 0 Å². The quantitative estimate of drug-likeness (QED) is 0.846. The van der Waals surface area contributed by atoms with Gasteiger partial charge in [-0.25, -0.2) is 0 Å². The Morgan fingerprint density at radius 3 is 2.64 bits per heavy atom. The summed E-state index contributed by atoms with van der Waals surface area (Å²) in [5.74, 6) is -0.254. The molecule has 1 unspecified atom stereocenters. The van der Waals surface area contributed by atoms with Crippen molar-refractivity contribution < 1.29 is 10.2 Å². The van der Waals surface area contributed by atoms with Crippen LogP contribution in [0.3, 0.4) is 0 Å². The highest BCUT2D eigenvalue weighted by atomic mass is 16.3. The molecule has 5 nitrogen and oxygen atoms in total. The van der Waals surface area contributed by atoms with E-state index < -0.39 is 0 Å². The van der Waals surface area contributed by atoms with Gasteiger partial charge in [-0.3, -0.25) is 9.69 Å². The average molecular weight is 308 g/mol. The maximum Gasteiger partial charge on any atom is 0.223 e. The third-order valence-corrected chi connectivity index (χ3v) is 4.83. The van der Waals surface area contributed by atoms with Gasteiger partial charge in [0, 0.05) is 24.3 Å². The van der Waals surface area contributed by atoms with Gasteiger partial charge in [-0.2, -0.15) is 0 Å². The second-order valence-electron chi connectivity index (χ2n) is 6.37. The summed E-state index contributed by atoms with van der Waals surface area (Å²) in [6.45, 7) is 2.65. The molecule has 1 aromatic rings. The molecule has 124 valence electrons. The smallest absolute Gasteiger partial charge is 0.223 e. The van der Waals surface area contributed by atoms with E-state index in [0.717, 1.165) is 12.1 Å². The number of hydrogen-bond acceptors (Lipinski definition) is 4. The molecule has 0 saturated heterocycles. The molecular weight excluding hydrogens is 280 g/mol. The molecule has 0 radical (unpaired) electrons. The second-order valence-corrected chi connectivity index (χ2v) is 6.37. The van der Waals surface area contributed by atoms with Crippen LogP contribution in [0.15, 0.2) is 17.1 Å². The number of aliphatic hydroxyl groups excluding tert-OH is 1. The van der Waals surface area contributed by atoms with Crippen LogP contribution in [0.2, 0.25) is 0 Å². The lowest BCUT2D eigenvalue weighted by atomic mass is 9.94. The Hall–Kier alpha value is -1.33. The van der Waals surface area contributed by atoms with Gasteiger partial charge in [-0.05, 0) is 26.3 Å². The number of aromatic hydroxyl groups is 1. The van der Waals surface area contributed by atoms with Crippen LogP contribution in [0, 0.1) is 0 Å². The zero-order valence-electron chi connectivity index (χ0n) is 13.7. The zero-order valence-corrected chi connectivity index (χ0v) is 13.7. The van der Waals surface area contributed by atoms with Gasteiger partial charge in [0.25, 0.3) is 0 Å². The first-order chi connectivity index (χ1) is 10.6. The average Bonchev–Trinajstić information content (AvgIpc) is 2.53. The SMILES string of the molecule is CCC(CO)n1cc(O)c(=O)cc1CN(C)C1CCCCC1. The molecule has 0 aromatic carbocycles. The molecule has 1 fully saturated rings. The lowest BCUT2D eigenvalue weighted by Crippen LogP contribution is -2.34. The van der Waals surface area contributed by atoms with E-state index >= 15 is 0 Å². The molecule has 1 aliphatic rings. The molecule has 0 aliphatic heterocycles. The minimum atomic E-state index is -0.351. The maximum absolute atomic E-state index is 11.8. The minimum absolute atomic E-state index is 0.00104. The molecule has 2 rings (SSSR count). The topological polar surface area (TPSA) is 65.7 Å². The molecule has 1 aliphatic carbocycles. The van der Waals surface area contributed by atoms with Crippen molar-refractivity contribution in [2.75, 3.05) is 13.7 Å². The summed E-state index contributed by atoms with van der Waals surface area (Å²) in [5.41, 5.74) is 0.507. The van der Waals surface area contributed by atoms with Crippen LogP contribution in [0.5, 0.6) is 5.75 Å². The number of hydrogen-bond donors (Lipinski definition) is 2. The lowest BCUT2D eigenvalue weighted by molar-refractivity contribution is 0.173. The van der Waals surface area contributed by atoms with Crippen LogP contribution in [-0.4, -0.2) is 39.4 Å². The Kier molecular flexibility index (Phi) is 6.03. The Morgan fingerprint density at radius 1 is 1.36 bits per heavy atom. The van der Waals surface area contributed by atoms with Gasteiger partial charge in [-0.1, -0.05) is 26.2 Å². The van der Waals surface area contributed by atoms with Crippen molar-refractivity contribution in [1.29, 1.82) is 0 Å². The minimum Gasteiger partial charge on any atom is -0.503 e. The molecule has 5 heteroatoms. The number of rotatable bonds is 6. The zero-order chi connectivity index (χ0) is 16.1. The Bertz CT molecular complexity index is 531. The van der Waals surface area contributed by atoms with Crippen LogP contribution in [0.25, 0.3) is 0 Å². The fraction of sp³-hybridized carbons (Fsp3) is 0.706. The van der Waals surface area contributed by atoms with E-state index in [0.29, 0.717) is 12.6 Å². The second kappa shape index (κ2) is 7.79. The summed E-state index contributed by atoms with van der Waals surface area (Å²) in [4.78, 5) is 14.1. The molecule has 1 aromatic heterocycles. The van der Waals surface area contributed by atoms with Gasteiger partial charge < -0.3 is 14.8 Å². The van der Waals surface area contributed by atoms with Crippen LogP contribution >= 0.6 is 0 Å². The van der Waals surface area contributed by atoms with Crippen molar-refractivity contribution in [3.63, 3.8) is 0 Å². The summed E-state index contributed by atoms with van der Waals surface area (Å²) in [5, 5.41) is 19.3. The van der Waals surface area contributed by atoms with E-state index in [4.69, 9.17) is 0 Å². The van der Waals surface area contributed by atoms with Crippen LogP contribution in [0.1, 0.15) is 57.2 Å². The molecule has 1 heterocycles. The summed E-state index contributed by atoms with van der Waals surface area (Å²) < 4.78 is 1.86. The highest BCUT2D eigenvalue weighted by Gasteiger charge is 2.20. The van der Waals surface area contributed by atoms with Crippen LogP contribution in [-0.2, 0) is 6.54 Å². The summed E-state index contributed by atoms with van der Waals surface area (Å²) >= 11 is 0. The van der Waals surface area contributed by atoms with E-state index in [1.165, 1.54) is 44.4 Å². The summed E-state index contributed by atoms with van der Waals surface area (Å²) in [6.07, 6.45) is 8.48. The third-order valence-electron chi connectivity index (χ3n) is 4.83. The number of nitrogens with zero attached hydrogens (tertiary/aromatic N) is 2. The molecule has 0 bridgehead atoms. The predicted molar refractivity (Wildman–Crippen MR) is 87.1 cm³/mol. The van der Waals surface area contributed by atoms with E-state index in [-0.39, 0.29) is 23.8 Å². The van der Waals surface area contributed by atoms with Crippen LogP contribution in [0.4, 0.5) is 0 Å². The monoisotopic (exact) mass is 308 g/mol. The van der Waals surface area contributed by atoms with Crippen molar-refractivity contribution >= 4 is 0 Å². The van der Waals surface area contributed by atoms with Gasteiger partial charge in [0.15, 0.2) is 5.75 Å². The van der Waals surface area contributed by atoms with E-state index in [2.05, 4.69) is 11.9 Å². The molecule has 1 atom stereocenters. The maximum atomic E-state index is 11.8. The van der Waals surface area contributed by atoms with E-state index in [9.17, 15) is 15.0 Å². The molecule has 1 saturated carbocycles. The number of pyridine rings is 1. The Balaban J connectivity index is 2.24. The number of aliphatic hydroxyl groups is 1. The van der Waals surface area contributed by atoms with Crippen molar-refractivity contribution in [1.82, 2.24) is 9.47 Å². The predicted octanol–water partition coefficient (Wildman–Crippen LogP) is 2.26. The highest BCUT2D eigenvalue weighted by molar-refractivity contribution is 5.21. The summed E-state index contributed by atoms with van der Waals surface area (Å²) in [6, 6.07) is 1.95. The molecular formula is C17H28N2O3. The number of aromatic nitrogens is 1. The lowest BCUT2D eigenvalue weighted by Gasteiger charge is -2.32. The fourth-order valence-corrected chi connectivity index (χ4v) is 3.37. The third kappa shape index (κ3) is 3.90. The van der Waals surface area contributed by atoms with Crippen molar-refractivity contribution in [3.05, 3.63) is 28.2 Å². The molecule has 0 spiro atoms. The van der Waals surface area contributed by atoms with Crippen LogP contribution < -0.4 is 5.43 Å². The van der Waals surface area contributed by atoms with Gasteiger partial charge in [0.2, 0.25) is 5.43 Å². The van der Waals surface area contributed by atoms with E-state index in [1.54, 1.807) is 0 Å². The van der Waals surface area contributed by atoms with Crippen molar-refractivity contribution in [2.24, 2.45) is 0 Å². The van der Waals surface area contributed by atoms with Gasteiger partial charge in [0.05, 0.1) is 18.8 Å². The van der Waals surface area contributed by atoms with Gasteiger partial charge >= 0.3 is 0 Å². The first kappa shape index (κ1) is 17.0. The Labute approximate surface area is 132 Å². The fourth-order valence-electron chi connectivity index (χ4n) is 3.37. The van der Waals surface area contributed by atoms with E-state index in [1.807, 2.05) is 11.5 Å². The Morgan fingerprint density at radius 2 is 2.05 bits per heavy atom. The highest BCUT2D eigenvalue weighted by Crippen LogP contribution is 2.24. The summed E-state index contributed by atoms with van der Waals surface area (Å²) in [7, 11) is 2.09. The molecule has 0 amide bonds. The first-order valence-electron chi connectivity index (χ1n) is 8.32. The molecule has 22 heavy (non-hydrogen) atoms. The first-order valence-corrected chi connectivity index (χ1v) is 8.32. The standard InChI is InChI=1S/C17H28N2O3/c1-3-13(12-20)19-11-17(22)16(21)9-15(19)10-18(2)14-7-5-4-6-8-14/h9,11,13-14,20,22H,3-8,10,12H2,1-2H3. The largest absolute Gasteiger partial charge is 0.503 e.